The Hall–Kier alpha value is -0.610. The molecule has 1 saturated carbocycles. The molecule has 86 valence electrons. The third-order valence-electron chi connectivity index (χ3n) is 3.34. The van der Waals surface area contributed by atoms with Crippen LogP contribution in [0.2, 0.25) is 0 Å². The van der Waals surface area contributed by atoms with Crippen molar-refractivity contribution < 1.29 is 19.4 Å². The van der Waals surface area contributed by atoms with E-state index < -0.39 is 5.97 Å². The quantitative estimate of drug-likeness (QED) is 0.755. The molecule has 15 heavy (non-hydrogen) atoms. The predicted octanol–water partition coefficient (Wildman–Crippen LogP) is 1.58. The lowest BCUT2D eigenvalue weighted by atomic mass is 9.77. The van der Waals surface area contributed by atoms with Crippen LogP contribution in [0.25, 0.3) is 0 Å². The highest BCUT2D eigenvalue weighted by Crippen LogP contribution is 2.39. The number of ether oxygens (including phenoxy) is 2. The van der Waals surface area contributed by atoms with E-state index >= 15 is 0 Å². The summed E-state index contributed by atoms with van der Waals surface area (Å²) in [6.07, 6.45) is 5.32. The number of carboxylic acids is 1. The van der Waals surface area contributed by atoms with Crippen molar-refractivity contribution in [3.05, 3.63) is 0 Å². The van der Waals surface area contributed by atoms with E-state index in [0.717, 1.165) is 38.7 Å². The lowest BCUT2D eigenvalue weighted by Crippen LogP contribution is -2.43. The standard InChI is InChI=1S/C11H18O4/c12-10(13)7-11(4-2-5-11)15-8-9-3-1-6-14-9/h9H,1-8H2,(H,12,13). The molecule has 1 atom stereocenters. The molecule has 1 N–H and O–H groups in total. The van der Waals surface area contributed by atoms with Gasteiger partial charge in [0, 0.05) is 6.61 Å². The van der Waals surface area contributed by atoms with Crippen molar-refractivity contribution >= 4 is 5.97 Å². The van der Waals surface area contributed by atoms with Crippen molar-refractivity contribution in [1.82, 2.24) is 0 Å². The second-order valence-corrected chi connectivity index (χ2v) is 4.55. The van der Waals surface area contributed by atoms with Crippen LogP contribution in [0, 0.1) is 0 Å². The van der Waals surface area contributed by atoms with Gasteiger partial charge in [-0.05, 0) is 32.1 Å². The average molecular weight is 214 g/mol. The van der Waals surface area contributed by atoms with Gasteiger partial charge in [0.1, 0.15) is 0 Å². The van der Waals surface area contributed by atoms with Crippen LogP contribution in [0.4, 0.5) is 0 Å². The predicted molar refractivity (Wildman–Crippen MR) is 53.8 cm³/mol. The van der Waals surface area contributed by atoms with Gasteiger partial charge >= 0.3 is 5.97 Å². The van der Waals surface area contributed by atoms with Crippen LogP contribution >= 0.6 is 0 Å². The highest BCUT2D eigenvalue weighted by atomic mass is 16.5. The molecule has 2 aliphatic rings. The second kappa shape index (κ2) is 4.49. The number of carboxylic acid groups (broad SMARTS) is 1. The van der Waals surface area contributed by atoms with E-state index in [9.17, 15) is 4.79 Å². The number of carbonyl (C=O) groups is 1. The molecule has 0 bridgehead atoms. The monoisotopic (exact) mass is 214 g/mol. The summed E-state index contributed by atoms with van der Waals surface area (Å²) in [5, 5.41) is 8.79. The van der Waals surface area contributed by atoms with E-state index in [1.807, 2.05) is 0 Å². The molecule has 0 aromatic rings. The maximum Gasteiger partial charge on any atom is 0.306 e. The molecule has 0 aromatic heterocycles. The Morgan fingerprint density at radius 3 is 2.73 bits per heavy atom. The molecule has 0 radical (unpaired) electrons. The van der Waals surface area contributed by atoms with E-state index in [2.05, 4.69) is 0 Å². The number of hydrogen-bond donors (Lipinski definition) is 1. The summed E-state index contributed by atoms with van der Waals surface area (Å²) in [5.41, 5.74) is -0.377. The SMILES string of the molecule is O=C(O)CC1(OCC2CCCO2)CCC1. The summed E-state index contributed by atoms with van der Waals surface area (Å²) in [6.45, 7) is 1.38. The normalized spacial score (nSPS) is 28.7. The molecule has 0 amide bonds. The Bertz CT molecular complexity index is 229. The zero-order valence-electron chi connectivity index (χ0n) is 8.91. The Kier molecular flexibility index (Phi) is 3.26. The van der Waals surface area contributed by atoms with Crippen molar-refractivity contribution in [3.63, 3.8) is 0 Å². The summed E-state index contributed by atoms with van der Waals surface area (Å²) in [6, 6.07) is 0. The topological polar surface area (TPSA) is 55.8 Å². The Balaban J connectivity index is 1.77. The van der Waals surface area contributed by atoms with Gasteiger partial charge < -0.3 is 14.6 Å². The minimum atomic E-state index is -0.762. The Morgan fingerprint density at radius 2 is 2.27 bits per heavy atom. The average Bonchev–Trinajstić information content (AvgIpc) is 2.61. The second-order valence-electron chi connectivity index (χ2n) is 4.55. The van der Waals surface area contributed by atoms with Crippen LogP contribution in [0.15, 0.2) is 0 Å². The van der Waals surface area contributed by atoms with Crippen molar-refractivity contribution in [2.75, 3.05) is 13.2 Å². The molecule has 4 nitrogen and oxygen atoms in total. The lowest BCUT2D eigenvalue weighted by Gasteiger charge is -2.41. The van der Waals surface area contributed by atoms with Gasteiger partial charge in [-0.25, -0.2) is 0 Å². The van der Waals surface area contributed by atoms with Crippen LogP contribution in [0.3, 0.4) is 0 Å². The van der Waals surface area contributed by atoms with Crippen LogP contribution in [-0.2, 0) is 14.3 Å². The van der Waals surface area contributed by atoms with E-state index in [0.29, 0.717) is 6.61 Å². The zero-order chi connectivity index (χ0) is 10.7. The fraction of sp³-hybridized carbons (Fsp3) is 0.909. The Labute approximate surface area is 89.6 Å². The van der Waals surface area contributed by atoms with Crippen LogP contribution in [-0.4, -0.2) is 36.0 Å². The zero-order valence-corrected chi connectivity index (χ0v) is 8.91. The molecule has 2 rings (SSSR count). The maximum atomic E-state index is 10.7. The lowest BCUT2D eigenvalue weighted by molar-refractivity contribution is -0.160. The molecular weight excluding hydrogens is 196 g/mol. The Morgan fingerprint density at radius 1 is 1.47 bits per heavy atom. The first-order valence-electron chi connectivity index (χ1n) is 5.68. The molecule has 0 spiro atoms. The number of aliphatic carboxylic acids is 1. The molecule has 1 saturated heterocycles. The first-order valence-corrected chi connectivity index (χ1v) is 5.68. The first kappa shape index (κ1) is 10.9. The van der Waals surface area contributed by atoms with Gasteiger partial charge in [-0.15, -0.1) is 0 Å². The molecule has 1 aliphatic carbocycles. The van der Waals surface area contributed by atoms with Crippen molar-refractivity contribution in [3.8, 4) is 0 Å². The minimum Gasteiger partial charge on any atom is -0.481 e. The third-order valence-corrected chi connectivity index (χ3v) is 3.34. The van der Waals surface area contributed by atoms with E-state index in [-0.39, 0.29) is 18.1 Å². The highest BCUT2D eigenvalue weighted by molar-refractivity contribution is 5.68. The molecule has 2 fully saturated rings. The van der Waals surface area contributed by atoms with E-state index in [1.54, 1.807) is 0 Å². The first-order chi connectivity index (χ1) is 7.20. The highest BCUT2D eigenvalue weighted by Gasteiger charge is 2.40. The van der Waals surface area contributed by atoms with E-state index in [4.69, 9.17) is 14.6 Å². The fourth-order valence-corrected chi connectivity index (χ4v) is 2.26. The molecular formula is C11H18O4. The van der Waals surface area contributed by atoms with Gasteiger partial charge in [0.25, 0.3) is 0 Å². The molecule has 0 aromatic carbocycles. The van der Waals surface area contributed by atoms with Gasteiger partial charge in [-0.3, -0.25) is 4.79 Å². The van der Waals surface area contributed by atoms with Crippen molar-refractivity contribution in [1.29, 1.82) is 0 Å². The summed E-state index contributed by atoms with van der Waals surface area (Å²) in [4.78, 5) is 10.7. The van der Waals surface area contributed by atoms with Crippen LogP contribution < -0.4 is 0 Å². The largest absolute Gasteiger partial charge is 0.481 e. The van der Waals surface area contributed by atoms with Gasteiger partial charge in [-0.2, -0.15) is 0 Å². The summed E-state index contributed by atoms with van der Waals surface area (Å²) < 4.78 is 11.2. The fourth-order valence-electron chi connectivity index (χ4n) is 2.26. The molecule has 1 heterocycles. The van der Waals surface area contributed by atoms with Gasteiger partial charge in [0.2, 0.25) is 0 Å². The van der Waals surface area contributed by atoms with Crippen molar-refractivity contribution in [2.45, 2.75) is 50.2 Å². The molecule has 1 aliphatic heterocycles. The van der Waals surface area contributed by atoms with Gasteiger partial charge in [0.05, 0.1) is 24.7 Å². The summed E-state index contributed by atoms with van der Waals surface area (Å²) in [7, 11) is 0. The summed E-state index contributed by atoms with van der Waals surface area (Å²) in [5.74, 6) is -0.762. The van der Waals surface area contributed by atoms with Crippen LogP contribution in [0.5, 0.6) is 0 Å². The third kappa shape index (κ3) is 2.69. The van der Waals surface area contributed by atoms with Gasteiger partial charge in [-0.1, -0.05) is 0 Å². The van der Waals surface area contributed by atoms with Crippen molar-refractivity contribution in [2.24, 2.45) is 0 Å². The maximum absolute atomic E-state index is 10.7. The van der Waals surface area contributed by atoms with Gasteiger partial charge in [0.15, 0.2) is 0 Å². The summed E-state index contributed by atoms with van der Waals surface area (Å²) >= 11 is 0. The molecule has 1 unspecified atom stereocenters. The van der Waals surface area contributed by atoms with Crippen LogP contribution in [0.1, 0.15) is 38.5 Å². The minimum absolute atomic E-state index is 0.139. The smallest absolute Gasteiger partial charge is 0.306 e. The van der Waals surface area contributed by atoms with E-state index in [1.165, 1.54) is 0 Å². The number of hydrogen-bond acceptors (Lipinski definition) is 3. The number of rotatable bonds is 5. The molecule has 4 heteroatoms.